The summed E-state index contributed by atoms with van der Waals surface area (Å²) in [7, 11) is 1.54. The van der Waals surface area contributed by atoms with Gasteiger partial charge in [-0.15, -0.1) is 0 Å². The Balaban J connectivity index is 1.57. The highest BCUT2D eigenvalue weighted by Gasteiger charge is 2.60. The van der Waals surface area contributed by atoms with Crippen molar-refractivity contribution >= 4 is 34.8 Å². The smallest absolute Gasteiger partial charge is 0.266 e. The number of amides is 2. The second kappa shape index (κ2) is 7.72. The second-order valence-corrected chi connectivity index (χ2v) is 7.86. The van der Waals surface area contributed by atoms with Crippen LogP contribution in [-0.4, -0.2) is 25.0 Å². The molecule has 2 saturated heterocycles. The summed E-state index contributed by atoms with van der Waals surface area (Å²) in [5.74, 6) is -0.821. The van der Waals surface area contributed by atoms with E-state index in [1.807, 2.05) is 42.5 Å². The number of para-hydroxylation sites is 1. The summed E-state index contributed by atoms with van der Waals surface area (Å²) in [4.78, 5) is 34.2. The first-order valence-corrected chi connectivity index (χ1v) is 10.2. The van der Waals surface area contributed by atoms with Crippen molar-refractivity contribution in [3.63, 3.8) is 0 Å². The van der Waals surface area contributed by atoms with Crippen LogP contribution in [0.4, 0.5) is 11.4 Å². The maximum absolute atomic E-state index is 13.6. The van der Waals surface area contributed by atoms with Gasteiger partial charge in [-0.05, 0) is 42.0 Å². The second-order valence-electron chi connectivity index (χ2n) is 7.42. The van der Waals surface area contributed by atoms with Gasteiger partial charge in [-0.2, -0.15) is 0 Å². The van der Waals surface area contributed by atoms with Gasteiger partial charge >= 0.3 is 0 Å². The fourth-order valence-electron chi connectivity index (χ4n) is 4.22. The third-order valence-electron chi connectivity index (χ3n) is 5.65. The Kier molecular flexibility index (Phi) is 4.88. The van der Waals surface area contributed by atoms with Crippen molar-refractivity contribution in [1.82, 2.24) is 0 Å². The zero-order valence-electron chi connectivity index (χ0n) is 16.6. The Bertz CT molecular complexity index is 1140. The molecule has 156 valence electrons. The number of halogens is 1. The third-order valence-corrected chi connectivity index (χ3v) is 5.90. The standard InChI is InChI=1S/C24H19ClN2O4/c1-30-19-9-5-8-18(14-19)26-23(28)20-21(15-10-12-16(25)13-11-15)27(31-22(20)24(26)29)17-6-3-2-4-7-17/h2-14,20-22H,1H3. The monoisotopic (exact) mass is 434 g/mol. The number of hydrogen-bond acceptors (Lipinski definition) is 5. The lowest BCUT2D eigenvalue weighted by atomic mass is 9.90. The molecule has 3 aromatic carbocycles. The molecule has 0 spiro atoms. The van der Waals surface area contributed by atoms with Crippen molar-refractivity contribution in [2.75, 3.05) is 17.1 Å². The number of imide groups is 1. The fraction of sp³-hybridized carbons (Fsp3) is 0.167. The van der Waals surface area contributed by atoms with Crippen LogP contribution in [0.2, 0.25) is 5.02 Å². The molecular weight excluding hydrogens is 416 g/mol. The minimum absolute atomic E-state index is 0.304. The van der Waals surface area contributed by atoms with Crippen molar-refractivity contribution in [2.24, 2.45) is 5.92 Å². The van der Waals surface area contributed by atoms with E-state index >= 15 is 0 Å². The molecule has 0 aromatic heterocycles. The predicted molar refractivity (Wildman–Crippen MR) is 117 cm³/mol. The van der Waals surface area contributed by atoms with E-state index in [1.54, 1.807) is 48.6 Å². The minimum Gasteiger partial charge on any atom is -0.497 e. The van der Waals surface area contributed by atoms with Crippen molar-refractivity contribution in [3.05, 3.63) is 89.4 Å². The molecule has 2 heterocycles. The molecule has 3 unspecified atom stereocenters. The van der Waals surface area contributed by atoms with E-state index in [2.05, 4.69) is 0 Å². The summed E-state index contributed by atoms with van der Waals surface area (Å²) in [6, 6.07) is 23.1. The molecule has 2 amide bonds. The quantitative estimate of drug-likeness (QED) is 0.570. The number of hydroxylamine groups is 1. The van der Waals surface area contributed by atoms with Gasteiger partial charge in [0, 0.05) is 11.1 Å². The normalized spacial score (nSPS) is 22.7. The number of fused-ring (bicyclic) bond motifs is 1. The van der Waals surface area contributed by atoms with Crippen LogP contribution in [0.3, 0.4) is 0 Å². The van der Waals surface area contributed by atoms with Crippen LogP contribution in [0.1, 0.15) is 11.6 Å². The van der Waals surface area contributed by atoms with Crippen LogP contribution in [0.25, 0.3) is 0 Å². The molecule has 5 rings (SSSR count). The number of ether oxygens (including phenoxy) is 1. The van der Waals surface area contributed by atoms with Gasteiger partial charge in [-0.1, -0.05) is 48.0 Å². The molecule has 31 heavy (non-hydrogen) atoms. The molecule has 3 aromatic rings. The average Bonchev–Trinajstić information content (AvgIpc) is 3.31. The molecule has 0 radical (unpaired) electrons. The molecule has 6 nitrogen and oxygen atoms in total. The molecule has 0 N–H and O–H groups in total. The van der Waals surface area contributed by atoms with Crippen LogP contribution in [-0.2, 0) is 14.4 Å². The Morgan fingerprint density at radius 3 is 2.29 bits per heavy atom. The first-order chi connectivity index (χ1) is 15.1. The lowest BCUT2D eigenvalue weighted by Gasteiger charge is -2.28. The van der Waals surface area contributed by atoms with E-state index in [0.717, 1.165) is 11.3 Å². The number of methoxy groups -OCH3 is 1. The number of benzene rings is 3. The van der Waals surface area contributed by atoms with Crippen LogP contribution < -0.4 is 14.7 Å². The molecule has 0 saturated carbocycles. The molecule has 2 fully saturated rings. The van der Waals surface area contributed by atoms with Gasteiger partial charge in [0.15, 0.2) is 6.10 Å². The van der Waals surface area contributed by atoms with Crippen LogP contribution in [0.5, 0.6) is 5.75 Å². The summed E-state index contributed by atoms with van der Waals surface area (Å²) in [6.45, 7) is 0. The number of hydrogen-bond donors (Lipinski definition) is 0. The molecular formula is C24H19ClN2O4. The molecule has 2 aliphatic rings. The first kappa shape index (κ1) is 19.6. The Hall–Kier alpha value is -3.35. The van der Waals surface area contributed by atoms with E-state index in [-0.39, 0.29) is 11.8 Å². The number of nitrogens with zero attached hydrogens (tertiary/aromatic N) is 2. The largest absolute Gasteiger partial charge is 0.497 e. The van der Waals surface area contributed by atoms with Crippen LogP contribution in [0, 0.1) is 5.92 Å². The summed E-state index contributed by atoms with van der Waals surface area (Å²) >= 11 is 6.08. The molecule has 7 heteroatoms. The van der Waals surface area contributed by atoms with Crippen LogP contribution in [0.15, 0.2) is 78.9 Å². The van der Waals surface area contributed by atoms with E-state index in [0.29, 0.717) is 16.5 Å². The third kappa shape index (κ3) is 3.24. The highest BCUT2D eigenvalue weighted by molar-refractivity contribution is 6.30. The van der Waals surface area contributed by atoms with E-state index in [1.165, 1.54) is 4.90 Å². The SMILES string of the molecule is COc1cccc(N2C(=O)C3ON(c4ccccc4)C(c4ccc(Cl)cc4)C3C2=O)c1. The van der Waals surface area contributed by atoms with Crippen molar-refractivity contribution in [2.45, 2.75) is 12.1 Å². The van der Waals surface area contributed by atoms with Gasteiger partial charge in [-0.25, -0.2) is 9.96 Å². The van der Waals surface area contributed by atoms with E-state index < -0.39 is 18.1 Å². The lowest BCUT2D eigenvalue weighted by molar-refractivity contribution is -0.126. The minimum atomic E-state index is -0.917. The number of carbonyl (C=O) groups is 2. The highest BCUT2D eigenvalue weighted by atomic mass is 35.5. The summed E-state index contributed by atoms with van der Waals surface area (Å²) in [5.41, 5.74) is 2.08. The Morgan fingerprint density at radius 1 is 0.871 bits per heavy atom. The molecule has 2 aliphatic heterocycles. The number of carbonyl (C=O) groups excluding carboxylic acids is 2. The van der Waals surface area contributed by atoms with Gasteiger partial charge in [-0.3, -0.25) is 14.4 Å². The first-order valence-electron chi connectivity index (χ1n) is 9.87. The van der Waals surface area contributed by atoms with Crippen molar-refractivity contribution in [1.29, 1.82) is 0 Å². The zero-order valence-corrected chi connectivity index (χ0v) is 17.4. The topological polar surface area (TPSA) is 59.1 Å². The van der Waals surface area contributed by atoms with Crippen molar-refractivity contribution < 1.29 is 19.2 Å². The highest BCUT2D eigenvalue weighted by Crippen LogP contribution is 2.47. The van der Waals surface area contributed by atoms with Gasteiger partial charge in [0.1, 0.15) is 11.7 Å². The predicted octanol–water partition coefficient (Wildman–Crippen LogP) is 4.40. The van der Waals surface area contributed by atoms with Gasteiger partial charge < -0.3 is 4.74 Å². The maximum Gasteiger partial charge on any atom is 0.266 e. The average molecular weight is 435 g/mol. The van der Waals surface area contributed by atoms with Gasteiger partial charge in [0.2, 0.25) is 5.91 Å². The lowest BCUT2D eigenvalue weighted by Crippen LogP contribution is -2.37. The Labute approximate surface area is 184 Å². The van der Waals surface area contributed by atoms with Crippen molar-refractivity contribution in [3.8, 4) is 5.75 Å². The van der Waals surface area contributed by atoms with Gasteiger partial charge in [0.25, 0.3) is 5.91 Å². The fourth-order valence-corrected chi connectivity index (χ4v) is 4.34. The number of anilines is 2. The molecule has 3 atom stereocenters. The summed E-state index contributed by atoms with van der Waals surface area (Å²) in [5, 5.41) is 2.26. The van der Waals surface area contributed by atoms with E-state index in [4.69, 9.17) is 21.2 Å². The van der Waals surface area contributed by atoms with Crippen LogP contribution >= 0.6 is 11.6 Å². The maximum atomic E-state index is 13.6. The molecule has 0 bridgehead atoms. The summed E-state index contributed by atoms with van der Waals surface area (Å²) < 4.78 is 5.25. The molecule has 0 aliphatic carbocycles. The van der Waals surface area contributed by atoms with E-state index in [9.17, 15) is 9.59 Å². The zero-order chi connectivity index (χ0) is 21.5. The number of rotatable bonds is 4. The summed E-state index contributed by atoms with van der Waals surface area (Å²) in [6.07, 6.45) is -0.917. The van der Waals surface area contributed by atoms with Gasteiger partial charge in [0.05, 0.1) is 24.5 Å². The Morgan fingerprint density at radius 2 is 1.58 bits per heavy atom.